The minimum absolute atomic E-state index is 0.257. The lowest BCUT2D eigenvalue weighted by Crippen LogP contribution is -2.34. The summed E-state index contributed by atoms with van der Waals surface area (Å²) in [4.78, 5) is 12.3. The summed E-state index contributed by atoms with van der Waals surface area (Å²) in [7, 11) is 1.96. The molecule has 0 unspecified atom stereocenters. The monoisotopic (exact) mass is 456 g/mol. The third kappa shape index (κ3) is 4.66. The number of halogens is 1. The van der Waals surface area contributed by atoms with E-state index in [0.29, 0.717) is 5.56 Å². The number of thiocarbonyl (C=S) groups is 1. The second kappa shape index (κ2) is 8.67. The Morgan fingerprint density at radius 1 is 1.14 bits per heavy atom. The molecule has 1 amide bonds. The number of carbonyl (C=O) groups excluding carboxylic acids is 1. The van der Waals surface area contributed by atoms with E-state index in [1.54, 1.807) is 12.1 Å². The first-order chi connectivity index (χ1) is 13.3. The lowest BCUT2D eigenvalue weighted by molar-refractivity contribution is 0.0977. The Morgan fingerprint density at radius 3 is 2.43 bits per heavy atom. The van der Waals surface area contributed by atoms with Crippen LogP contribution in [0.4, 0.5) is 5.69 Å². The number of nitrogens with one attached hydrogen (secondary N) is 2. The standard InChI is InChI=1S/C21H21BrN4OS/c1-13-18(14(2)26(3)25-13)12-15-8-10-16(11-9-15)23-21(28)24-20(27)17-6-4-5-7-19(17)22/h4-11H,12H2,1-3H3,(H2,23,24,27,28). The maximum Gasteiger partial charge on any atom is 0.258 e. The van der Waals surface area contributed by atoms with Gasteiger partial charge in [0.2, 0.25) is 0 Å². The number of benzene rings is 2. The Hall–Kier alpha value is -2.51. The summed E-state index contributed by atoms with van der Waals surface area (Å²) >= 11 is 8.63. The van der Waals surface area contributed by atoms with Crippen molar-refractivity contribution in [2.45, 2.75) is 20.3 Å². The minimum atomic E-state index is -0.260. The SMILES string of the molecule is Cc1nn(C)c(C)c1Cc1ccc(NC(=S)NC(=O)c2ccccc2Br)cc1. The number of nitrogens with zero attached hydrogens (tertiary/aromatic N) is 2. The molecule has 0 bridgehead atoms. The molecular formula is C21H21BrN4OS. The fourth-order valence-electron chi connectivity index (χ4n) is 2.96. The van der Waals surface area contributed by atoms with E-state index in [-0.39, 0.29) is 11.0 Å². The summed E-state index contributed by atoms with van der Waals surface area (Å²) in [6, 6.07) is 15.2. The van der Waals surface area contributed by atoms with Crippen LogP contribution in [-0.2, 0) is 13.5 Å². The maximum atomic E-state index is 12.3. The van der Waals surface area contributed by atoms with Gasteiger partial charge in [0, 0.05) is 34.9 Å². The summed E-state index contributed by atoms with van der Waals surface area (Å²) in [6.45, 7) is 4.11. The molecule has 0 aliphatic rings. The van der Waals surface area contributed by atoms with Gasteiger partial charge in [0.05, 0.1) is 11.3 Å². The zero-order valence-corrected chi connectivity index (χ0v) is 18.3. The normalized spacial score (nSPS) is 10.6. The van der Waals surface area contributed by atoms with E-state index in [0.717, 1.165) is 22.3 Å². The van der Waals surface area contributed by atoms with Gasteiger partial charge in [-0.2, -0.15) is 5.10 Å². The molecule has 0 spiro atoms. The first-order valence-corrected chi connectivity index (χ1v) is 10.00. The molecule has 0 aliphatic heterocycles. The van der Waals surface area contributed by atoms with Crippen molar-refractivity contribution in [1.82, 2.24) is 15.1 Å². The van der Waals surface area contributed by atoms with Crippen molar-refractivity contribution in [3.05, 3.63) is 81.1 Å². The molecule has 2 aromatic carbocycles. The highest BCUT2D eigenvalue weighted by Gasteiger charge is 2.12. The molecule has 3 aromatic rings. The number of hydrogen-bond acceptors (Lipinski definition) is 3. The average Bonchev–Trinajstić information content (AvgIpc) is 2.89. The van der Waals surface area contributed by atoms with Crippen molar-refractivity contribution in [3.63, 3.8) is 0 Å². The van der Waals surface area contributed by atoms with Crippen molar-refractivity contribution in [2.24, 2.45) is 7.05 Å². The molecule has 0 saturated heterocycles. The van der Waals surface area contributed by atoms with Gasteiger partial charge in [-0.1, -0.05) is 24.3 Å². The lowest BCUT2D eigenvalue weighted by atomic mass is 10.0. The molecule has 144 valence electrons. The third-order valence-corrected chi connectivity index (χ3v) is 5.49. The molecule has 1 aromatic heterocycles. The van der Waals surface area contributed by atoms with Crippen molar-refractivity contribution in [2.75, 3.05) is 5.32 Å². The molecule has 0 fully saturated rings. The van der Waals surface area contributed by atoms with Crippen LogP contribution in [-0.4, -0.2) is 20.8 Å². The fraction of sp³-hybridized carbons (Fsp3) is 0.190. The van der Waals surface area contributed by atoms with Crippen molar-refractivity contribution < 1.29 is 4.79 Å². The van der Waals surface area contributed by atoms with Gasteiger partial charge in [0.1, 0.15) is 0 Å². The summed E-state index contributed by atoms with van der Waals surface area (Å²) in [6.07, 6.45) is 0.828. The summed E-state index contributed by atoms with van der Waals surface area (Å²) in [5.41, 5.74) is 6.02. The highest BCUT2D eigenvalue weighted by molar-refractivity contribution is 9.10. The zero-order chi connectivity index (χ0) is 20.3. The summed E-state index contributed by atoms with van der Waals surface area (Å²) in [5, 5.41) is 10.5. The smallest absolute Gasteiger partial charge is 0.258 e. The van der Waals surface area contributed by atoms with Crippen LogP contribution in [0, 0.1) is 13.8 Å². The number of aryl methyl sites for hydroxylation is 2. The summed E-state index contributed by atoms with van der Waals surface area (Å²) < 4.78 is 2.63. The van der Waals surface area contributed by atoms with Gasteiger partial charge in [0.15, 0.2) is 5.11 Å². The Balaban J connectivity index is 1.61. The molecular weight excluding hydrogens is 436 g/mol. The molecule has 0 atom stereocenters. The predicted octanol–water partition coefficient (Wildman–Crippen LogP) is 4.52. The van der Waals surface area contributed by atoms with E-state index in [1.807, 2.05) is 55.1 Å². The molecule has 3 rings (SSSR count). The number of aromatic nitrogens is 2. The van der Waals surface area contributed by atoms with E-state index in [1.165, 1.54) is 16.8 Å². The number of anilines is 1. The van der Waals surface area contributed by atoms with Crippen LogP contribution in [0.5, 0.6) is 0 Å². The average molecular weight is 457 g/mol. The van der Waals surface area contributed by atoms with Crippen LogP contribution in [0.25, 0.3) is 0 Å². The van der Waals surface area contributed by atoms with Crippen LogP contribution in [0.3, 0.4) is 0 Å². The highest BCUT2D eigenvalue weighted by Crippen LogP contribution is 2.19. The second-order valence-corrected chi connectivity index (χ2v) is 7.80. The van der Waals surface area contributed by atoms with Gasteiger partial charge in [-0.15, -0.1) is 0 Å². The quantitative estimate of drug-likeness (QED) is 0.566. The second-order valence-electron chi connectivity index (χ2n) is 6.53. The first-order valence-electron chi connectivity index (χ1n) is 8.80. The Morgan fingerprint density at radius 2 is 1.82 bits per heavy atom. The fourth-order valence-corrected chi connectivity index (χ4v) is 3.64. The largest absolute Gasteiger partial charge is 0.332 e. The highest BCUT2D eigenvalue weighted by atomic mass is 79.9. The van der Waals surface area contributed by atoms with Crippen molar-refractivity contribution in [3.8, 4) is 0 Å². The third-order valence-electron chi connectivity index (χ3n) is 4.60. The van der Waals surface area contributed by atoms with Crippen LogP contribution >= 0.6 is 28.1 Å². The van der Waals surface area contributed by atoms with Gasteiger partial charge < -0.3 is 5.32 Å². The van der Waals surface area contributed by atoms with Gasteiger partial charge in [-0.25, -0.2) is 0 Å². The Labute approximate surface area is 178 Å². The lowest BCUT2D eigenvalue weighted by Gasteiger charge is -2.11. The Bertz CT molecular complexity index is 1030. The van der Waals surface area contributed by atoms with Crippen LogP contribution < -0.4 is 10.6 Å². The first kappa shape index (κ1) is 20.2. The number of hydrogen-bond donors (Lipinski definition) is 2. The van der Waals surface area contributed by atoms with Crippen molar-refractivity contribution >= 4 is 44.9 Å². The van der Waals surface area contributed by atoms with E-state index < -0.39 is 0 Å². The molecule has 0 aliphatic carbocycles. The zero-order valence-electron chi connectivity index (χ0n) is 15.9. The van der Waals surface area contributed by atoms with Gasteiger partial charge in [-0.05, 0) is 71.8 Å². The molecule has 5 nitrogen and oxygen atoms in total. The number of carbonyl (C=O) groups is 1. The molecule has 0 radical (unpaired) electrons. The van der Waals surface area contributed by atoms with Gasteiger partial charge in [-0.3, -0.25) is 14.8 Å². The number of rotatable bonds is 4. The predicted molar refractivity (Wildman–Crippen MR) is 120 cm³/mol. The molecule has 7 heteroatoms. The van der Waals surface area contributed by atoms with Crippen LogP contribution in [0.1, 0.15) is 32.9 Å². The van der Waals surface area contributed by atoms with E-state index in [4.69, 9.17) is 12.2 Å². The summed E-state index contributed by atoms with van der Waals surface area (Å²) in [5.74, 6) is -0.260. The van der Waals surface area contributed by atoms with Gasteiger partial charge >= 0.3 is 0 Å². The minimum Gasteiger partial charge on any atom is -0.332 e. The topological polar surface area (TPSA) is 59.0 Å². The van der Waals surface area contributed by atoms with Gasteiger partial charge in [0.25, 0.3) is 5.91 Å². The van der Waals surface area contributed by atoms with Crippen LogP contribution in [0.2, 0.25) is 0 Å². The maximum absolute atomic E-state index is 12.3. The molecule has 1 heterocycles. The number of amides is 1. The molecule has 0 saturated carbocycles. The molecule has 28 heavy (non-hydrogen) atoms. The van der Waals surface area contributed by atoms with E-state index in [2.05, 4.69) is 38.6 Å². The van der Waals surface area contributed by atoms with Crippen LogP contribution in [0.15, 0.2) is 53.0 Å². The van der Waals surface area contributed by atoms with E-state index >= 15 is 0 Å². The molecule has 2 N–H and O–H groups in total. The Kier molecular flexibility index (Phi) is 6.26. The van der Waals surface area contributed by atoms with E-state index in [9.17, 15) is 4.79 Å². The van der Waals surface area contributed by atoms with Crippen molar-refractivity contribution in [1.29, 1.82) is 0 Å².